The molecule has 1 aliphatic rings. The number of likely N-dealkylation sites (tertiary alicyclic amines) is 1. The van der Waals surface area contributed by atoms with E-state index < -0.39 is 12.7 Å². The molecule has 3 aromatic rings. The fourth-order valence-corrected chi connectivity index (χ4v) is 3.75. The molecule has 0 aliphatic carbocycles. The SMILES string of the molecule is FC(F)(F)CN1CCC(NCc2ccc(-n3cnc4ccccc43)cc2)CC1. The maximum Gasteiger partial charge on any atom is 0.401 e. The summed E-state index contributed by atoms with van der Waals surface area (Å²) in [5, 5.41) is 3.48. The smallest absolute Gasteiger partial charge is 0.310 e. The maximum absolute atomic E-state index is 12.5. The number of para-hydroxylation sites is 2. The Morgan fingerprint density at radius 3 is 2.43 bits per heavy atom. The van der Waals surface area contributed by atoms with E-state index in [1.165, 1.54) is 4.90 Å². The second-order valence-electron chi connectivity index (χ2n) is 7.32. The van der Waals surface area contributed by atoms with Gasteiger partial charge in [-0.3, -0.25) is 9.47 Å². The number of aromatic nitrogens is 2. The van der Waals surface area contributed by atoms with Crippen LogP contribution >= 0.6 is 0 Å². The van der Waals surface area contributed by atoms with Crippen LogP contribution in [0.4, 0.5) is 13.2 Å². The molecule has 0 spiro atoms. The molecule has 1 saturated heterocycles. The van der Waals surface area contributed by atoms with Crippen LogP contribution in [0.2, 0.25) is 0 Å². The summed E-state index contributed by atoms with van der Waals surface area (Å²) >= 11 is 0. The van der Waals surface area contributed by atoms with Gasteiger partial charge in [0, 0.05) is 18.3 Å². The number of rotatable bonds is 5. The van der Waals surface area contributed by atoms with Crippen LogP contribution < -0.4 is 5.32 Å². The Balaban J connectivity index is 1.31. The molecule has 2 heterocycles. The summed E-state index contributed by atoms with van der Waals surface area (Å²) in [6.07, 6.45) is -0.792. The van der Waals surface area contributed by atoms with Gasteiger partial charge < -0.3 is 5.32 Å². The Hall–Kier alpha value is -2.38. The lowest BCUT2D eigenvalue weighted by atomic mass is 10.0. The highest BCUT2D eigenvalue weighted by Crippen LogP contribution is 2.21. The number of halogens is 3. The van der Waals surface area contributed by atoms with Gasteiger partial charge in [0.1, 0.15) is 6.33 Å². The fourth-order valence-electron chi connectivity index (χ4n) is 3.75. The summed E-state index contributed by atoms with van der Waals surface area (Å²) in [6.45, 7) is 0.895. The van der Waals surface area contributed by atoms with E-state index in [4.69, 9.17) is 0 Å². The highest BCUT2D eigenvalue weighted by molar-refractivity contribution is 5.77. The third-order valence-corrected chi connectivity index (χ3v) is 5.25. The molecule has 0 unspecified atom stereocenters. The minimum atomic E-state index is -4.11. The summed E-state index contributed by atoms with van der Waals surface area (Å²) in [5.41, 5.74) is 4.24. The van der Waals surface area contributed by atoms with E-state index in [1.54, 1.807) is 0 Å². The standard InChI is InChI=1S/C21H23F3N4/c22-21(23,24)14-27-11-9-17(10-12-27)25-13-16-5-7-18(8-6-16)28-15-26-19-3-1-2-4-20(19)28/h1-8,15,17,25H,9-14H2. The molecule has 28 heavy (non-hydrogen) atoms. The van der Waals surface area contributed by atoms with E-state index in [-0.39, 0.29) is 6.04 Å². The lowest BCUT2D eigenvalue weighted by Gasteiger charge is -2.32. The molecule has 4 rings (SSSR count). The molecule has 2 aromatic carbocycles. The normalized spacial score (nSPS) is 16.7. The van der Waals surface area contributed by atoms with Crippen LogP contribution in [0.1, 0.15) is 18.4 Å². The van der Waals surface area contributed by atoms with E-state index in [2.05, 4.69) is 39.1 Å². The van der Waals surface area contributed by atoms with Gasteiger partial charge in [0.25, 0.3) is 0 Å². The number of piperidine rings is 1. The van der Waals surface area contributed by atoms with E-state index in [0.29, 0.717) is 13.1 Å². The summed E-state index contributed by atoms with van der Waals surface area (Å²) < 4.78 is 39.5. The van der Waals surface area contributed by atoms with Crippen LogP contribution in [0.15, 0.2) is 54.9 Å². The van der Waals surface area contributed by atoms with Crippen molar-refractivity contribution in [3.8, 4) is 5.69 Å². The van der Waals surface area contributed by atoms with Crippen molar-refractivity contribution in [1.29, 1.82) is 0 Å². The van der Waals surface area contributed by atoms with Gasteiger partial charge in [-0.25, -0.2) is 4.98 Å². The molecule has 1 aliphatic heterocycles. The van der Waals surface area contributed by atoms with Crippen LogP contribution in [0.3, 0.4) is 0 Å². The molecule has 0 bridgehead atoms. The van der Waals surface area contributed by atoms with Crippen molar-refractivity contribution in [3.63, 3.8) is 0 Å². The molecule has 0 amide bonds. The molecule has 1 aromatic heterocycles. The molecular formula is C21H23F3N4. The predicted molar refractivity (Wildman–Crippen MR) is 103 cm³/mol. The first-order valence-electron chi connectivity index (χ1n) is 9.52. The zero-order valence-corrected chi connectivity index (χ0v) is 15.5. The monoisotopic (exact) mass is 388 g/mol. The van der Waals surface area contributed by atoms with Gasteiger partial charge in [-0.1, -0.05) is 24.3 Å². The second-order valence-corrected chi connectivity index (χ2v) is 7.32. The predicted octanol–water partition coefficient (Wildman–Crippen LogP) is 4.14. The number of fused-ring (bicyclic) bond motifs is 1. The van der Waals surface area contributed by atoms with Gasteiger partial charge in [0.2, 0.25) is 0 Å². The van der Waals surface area contributed by atoms with Gasteiger partial charge in [0.15, 0.2) is 0 Å². The number of nitrogens with one attached hydrogen (secondary N) is 1. The number of nitrogens with zero attached hydrogens (tertiary/aromatic N) is 3. The fraction of sp³-hybridized carbons (Fsp3) is 0.381. The molecule has 148 valence electrons. The van der Waals surface area contributed by atoms with E-state index in [0.717, 1.165) is 41.7 Å². The summed E-state index contributed by atoms with van der Waals surface area (Å²) in [7, 11) is 0. The molecular weight excluding hydrogens is 365 g/mol. The zero-order chi connectivity index (χ0) is 19.6. The van der Waals surface area contributed by atoms with E-state index in [1.807, 2.05) is 30.6 Å². The lowest BCUT2D eigenvalue weighted by Crippen LogP contribution is -2.45. The first-order valence-corrected chi connectivity index (χ1v) is 9.52. The van der Waals surface area contributed by atoms with Crippen LogP contribution in [-0.4, -0.2) is 46.3 Å². The maximum atomic E-state index is 12.5. The number of hydrogen-bond donors (Lipinski definition) is 1. The number of benzene rings is 2. The van der Waals surface area contributed by atoms with Crippen molar-refractivity contribution in [2.45, 2.75) is 31.6 Å². The molecule has 1 fully saturated rings. The van der Waals surface area contributed by atoms with Gasteiger partial charge in [-0.2, -0.15) is 13.2 Å². The first kappa shape index (κ1) is 19.0. The molecule has 4 nitrogen and oxygen atoms in total. The highest BCUT2D eigenvalue weighted by Gasteiger charge is 2.32. The van der Waals surface area contributed by atoms with Crippen LogP contribution in [0.5, 0.6) is 0 Å². The molecule has 7 heteroatoms. The minimum absolute atomic E-state index is 0.266. The van der Waals surface area contributed by atoms with Gasteiger partial charge in [-0.15, -0.1) is 0 Å². The van der Waals surface area contributed by atoms with Crippen molar-refractivity contribution in [3.05, 3.63) is 60.4 Å². The third kappa shape index (κ3) is 4.54. The average Bonchev–Trinajstić information content (AvgIpc) is 3.11. The van der Waals surface area contributed by atoms with Crippen molar-refractivity contribution in [2.75, 3.05) is 19.6 Å². The van der Waals surface area contributed by atoms with E-state index >= 15 is 0 Å². The molecule has 1 N–H and O–H groups in total. The molecule has 0 radical (unpaired) electrons. The number of imidazole rings is 1. The molecule has 0 saturated carbocycles. The number of hydrogen-bond acceptors (Lipinski definition) is 3. The molecule has 0 atom stereocenters. The minimum Gasteiger partial charge on any atom is -0.310 e. The Kier molecular flexibility index (Phi) is 5.37. The third-order valence-electron chi connectivity index (χ3n) is 5.25. The Morgan fingerprint density at radius 2 is 1.71 bits per heavy atom. The van der Waals surface area contributed by atoms with Crippen LogP contribution in [0, 0.1) is 0 Å². The number of alkyl halides is 3. The zero-order valence-electron chi connectivity index (χ0n) is 15.5. The summed E-state index contributed by atoms with van der Waals surface area (Å²) in [5.74, 6) is 0. The Bertz CT molecular complexity index is 909. The first-order chi connectivity index (χ1) is 13.5. The topological polar surface area (TPSA) is 33.1 Å². The van der Waals surface area contributed by atoms with Gasteiger partial charge in [-0.05, 0) is 55.8 Å². The van der Waals surface area contributed by atoms with Crippen molar-refractivity contribution >= 4 is 11.0 Å². The van der Waals surface area contributed by atoms with E-state index in [9.17, 15) is 13.2 Å². The average molecular weight is 388 g/mol. The highest BCUT2D eigenvalue weighted by atomic mass is 19.4. The van der Waals surface area contributed by atoms with Crippen molar-refractivity contribution in [1.82, 2.24) is 19.8 Å². The quantitative estimate of drug-likeness (QED) is 0.713. The van der Waals surface area contributed by atoms with Gasteiger partial charge >= 0.3 is 6.18 Å². The summed E-state index contributed by atoms with van der Waals surface area (Å²) in [6, 6.07) is 16.6. The Labute approximate surface area is 162 Å². The van der Waals surface area contributed by atoms with Crippen molar-refractivity contribution < 1.29 is 13.2 Å². The lowest BCUT2D eigenvalue weighted by molar-refractivity contribution is -0.148. The largest absolute Gasteiger partial charge is 0.401 e. The van der Waals surface area contributed by atoms with Gasteiger partial charge in [0.05, 0.1) is 17.6 Å². The van der Waals surface area contributed by atoms with Crippen LogP contribution in [-0.2, 0) is 6.54 Å². The Morgan fingerprint density at radius 1 is 1.00 bits per heavy atom. The van der Waals surface area contributed by atoms with Crippen molar-refractivity contribution in [2.24, 2.45) is 0 Å². The summed E-state index contributed by atoms with van der Waals surface area (Å²) in [4.78, 5) is 5.91. The van der Waals surface area contributed by atoms with Crippen LogP contribution in [0.25, 0.3) is 16.7 Å². The second kappa shape index (κ2) is 7.93.